The maximum atomic E-state index is 17.1. The number of amides is 1. The number of nitrogens with one attached hydrogen (secondary N) is 1. The molecule has 4 aromatic rings. The maximum Gasteiger partial charge on any atom is 0.416 e. The van der Waals surface area contributed by atoms with Gasteiger partial charge < -0.3 is 39.0 Å². The largest absolute Gasteiger partial charge is 0.478 e. The molecule has 6 heterocycles. The molecule has 0 aliphatic carbocycles. The third-order valence-electron chi connectivity index (χ3n) is 9.24. The molecule has 1 amide bonds. The Morgan fingerprint density at radius 2 is 1.89 bits per heavy atom. The molecule has 0 bridgehead atoms. The van der Waals surface area contributed by atoms with E-state index >= 15 is 4.39 Å². The predicted octanol–water partition coefficient (Wildman–Crippen LogP) is 3.49. The number of rotatable bonds is 10. The zero-order chi connectivity index (χ0) is 38.3. The number of pyridine rings is 3. The highest BCUT2D eigenvalue weighted by Crippen LogP contribution is 2.45. The number of carboxylic acids is 2. The summed E-state index contributed by atoms with van der Waals surface area (Å²) in [7, 11) is 4.70. The number of likely N-dealkylation sites (tertiary alicyclic amines) is 1. The second kappa shape index (κ2) is 14.3. The summed E-state index contributed by atoms with van der Waals surface area (Å²) in [6.07, 6.45) is 5.67. The number of carbonyl (C=O) groups excluding carboxylic acids is 2. The molecule has 0 aromatic carbocycles. The normalized spacial score (nSPS) is 17.5. The summed E-state index contributed by atoms with van der Waals surface area (Å²) in [6.45, 7) is 4.30. The van der Waals surface area contributed by atoms with E-state index in [1.165, 1.54) is 29.2 Å². The Kier molecular flexibility index (Phi) is 9.81. The number of ether oxygens (including phenoxy) is 2. The smallest absolute Gasteiger partial charge is 0.416 e. The number of aromatic amines is 1. The molecule has 2 atom stereocenters. The van der Waals surface area contributed by atoms with Crippen molar-refractivity contribution in [1.29, 1.82) is 0 Å². The highest BCUT2D eigenvalue weighted by molar-refractivity contribution is 6.03. The van der Waals surface area contributed by atoms with Gasteiger partial charge in [-0.3, -0.25) is 9.69 Å². The van der Waals surface area contributed by atoms with E-state index in [-0.39, 0.29) is 45.4 Å². The summed E-state index contributed by atoms with van der Waals surface area (Å²) in [6, 6.07) is 1.46. The Labute approximate surface area is 298 Å². The van der Waals surface area contributed by atoms with E-state index in [0.29, 0.717) is 42.1 Å². The Balaban J connectivity index is 1.47. The van der Waals surface area contributed by atoms with E-state index in [0.717, 1.165) is 31.0 Å². The average Bonchev–Trinajstić information content (AvgIpc) is 3.78. The molecule has 0 spiro atoms. The molecular weight excluding hydrogens is 700 g/mol. The van der Waals surface area contributed by atoms with Gasteiger partial charge in [-0.05, 0) is 31.5 Å². The van der Waals surface area contributed by atoms with E-state index in [1.54, 1.807) is 7.05 Å². The first-order valence-electron chi connectivity index (χ1n) is 16.1. The van der Waals surface area contributed by atoms with Gasteiger partial charge in [-0.1, -0.05) is 6.58 Å². The number of fused-ring (bicyclic) bond motifs is 3. The number of aromatic nitrogens is 4. The molecular formula is C35H33F2N7O9. The number of aliphatic carboxylic acids is 1. The monoisotopic (exact) mass is 733 g/mol. The molecule has 3 N–H and O–H groups in total. The van der Waals surface area contributed by atoms with Gasteiger partial charge in [0.15, 0.2) is 5.82 Å². The van der Waals surface area contributed by atoms with E-state index in [1.807, 2.05) is 7.05 Å². The van der Waals surface area contributed by atoms with Crippen molar-refractivity contribution < 1.29 is 47.6 Å². The molecule has 0 saturated carbocycles. The molecule has 2 aliphatic rings. The van der Waals surface area contributed by atoms with Crippen LogP contribution in [0.1, 0.15) is 22.5 Å². The van der Waals surface area contributed by atoms with E-state index in [9.17, 15) is 33.5 Å². The molecule has 4 aromatic heterocycles. The Hall–Kier alpha value is -6.43. The second-order valence-electron chi connectivity index (χ2n) is 12.7. The number of aryl methyl sites for hydroxylation is 1. The number of nitrogens with zero attached hydrogens (tertiary/aromatic N) is 6. The number of hydrogen-bond donors (Lipinski definition) is 3. The van der Waals surface area contributed by atoms with Crippen molar-refractivity contribution in [2.24, 2.45) is 13.0 Å². The zero-order valence-electron chi connectivity index (χ0n) is 28.6. The number of likely N-dealkylation sites (N-methyl/N-ethyl adjacent to an activating group) is 1. The first kappa shape index (κ1) is 36.4. The fourth-order valence-electron chi connectivity index (χ4n) is 6.91. The average molecular weight is 734 g/mol. The molecule has 2 fully saturated rings. The van der Waals surface area contributed by atoms with Crippen molar-refractivity contribution in [3.05, 3.63) is 82.6 Å². The topological polar surface area (TPSA) is 200 Å². The minimum atomic E-state index is -1.40. The van der Waals surface area contributed by atoms with Crippen LogP contribution in [0, 0.1) is 11.7 Å². The standard InChI is InChI=1S/C35H33F2N7O9/c1-17(36)9-23(43(4)35(51)53-16-52-26(47)6-5-25(45)46)29-28(37)27-30(44-8-7-18-13-41(2)15-24(18)44)21(12-38-32(27)40-29)19-10-20-31(48)22(34(49)50)14-42(3)33(20)39-11-19/h5-6,9-12,14,18,24H,1,7-8,13,15-16H2,2-4H3,(H,38,40)(H,45,46)(H,49,50)/b6-5+,23-9+/t18-,24+/m0/s1. The Morgan fingerprint density at radius 1 is 1.13 bits per heavy atom. The lowest BCUT2D eigenvalue weighted by Crippen LogP contribution is -2.35. The second-order valence-corrected chi connectivity index (χ2v) is 12.7. The first-order valence-corrected chi connectivity index (χ1v) is 16.1. The predicted molar refractivity (Wildman–Crippen MR) is 186 cm³/mol. The summed E-state index contributed by atoms with van der Waals surface area (Å²) in [4.78, 5) is 77.2. The van der Waals surface area contributed by atoms with Crippen LogP contribution >= 0.6 is 0 Å². The molecule has 0 radical (unpaired) electrons. The molecule has 6 rings (SSSR count). The van der Waals surface area contributed by atoms with Crippen molar-refractivity contribution in [3.63, 3.8) is 0 Å². The summed E-state index contributed by atoms with van der Waals surface area (Å²) >= 11 is 0. The van der Waals surface area contributed by atoms with Crippen LogP contribution < -0.4 is 10.3 Å². The van der Waals surface area contributed by atoms with Gasteiger partial charge in [0.2, 0.25) is 12.2 Å². The van der Waals surface area contributed by atoms with Gasteiger partial charge in [0.1, 0.15) is 28.4 Å². The van der Waals surface area contributed by atoms with Crippen LogP contribution in [-0.4, -0.2) is 110 Å². The van der Waals surface area contributed by atoms with Crippen molar-refractivity contribution >= 4 is 57.5 Å². The van der Waals surface area contributed by atoms with Crippen molar-refractivity contribution in [3.8, 4) is 11.1 Å². The minimum absolute atomic E-state index is 0.00345. The maximum absolute atomic E-state index is 17.1. The van der Waals surface area contributed by atoms with E-state index < -0.39 is 53.4 Å². The number of H-pyrrole nitrogens is 1. The van der Waals surface area contributed by atoms with Gasteiger partial charge in [-0.2, -0.15) is 0 Å². The molecule has 2 aliphatic heterocycles. The lowest BCUT2D eigenvalue weighted by Gasteiger charge is -2.29. The molecule has 0 unspecified atom stereocenters. The lowest BCUT2D eigenvalue weighted by atomic mass is 10.0. The molecule has 53 heavy (non-hydrogen) atoms. The van der Waals surface area contributed by atoms with Crippen LogP contribution in [0.25, 0.3) is 38.9 Å². The van der Waals surface area contributed by atoms with Crippen LogP contribution in [0.4, 0.5) is 19.3 Å². The van der Waals surface area contributed by atoms with Crippen molar-refractivity contribution in [2.75, 3.05) is 45.4 Å². The summed E-state index contributed by atoms with van der Waals surface area (Å²) in [5.74, 6) is -5.61. The summed E-state index contributed by atoms with van der Waals surface area (Å²) in [5, 5.41) is 18.3. The van der Waals surface area contributed by atoms with Gasteiger partial charge in [0.05, 0.1) is 22.2 Å². The van der Waals surface area contributed by atoms with Gasteiger partial charge >= 0.3 is 24.0 Å². The fourth-order valence-corrected chi connectivity index (χ4v) is 6.91. The van der Waals surface area contributed by atoms with Gasteiger partial charge in [0, 0.05) is 81.6 Å². The highest BCUT2D eigenvalue weighted by atomic mass is 19.1. The van der Waals surface area contributed by atoms with Crippen molar-refractivity contribution in [2.45, 2.75) is 12.5 Å². The minimum Gasteiger partial charge on any atom is -0.478 e. The Bertz CT molecular complexity index is 2330. The number of halogens is 2. The lowest BCUT2D eigenvalue weighted by molar-refractivity contribution is -0.146. The number of hydrogen-bond acceptors (Lipinski definition) is 11. The van der Waals surface area contributed by atoms with Gasteiger partial charge in [0.25, 0.3) is 0 Å². The van der Waals surface area contributed by atoms with Crippen LogP contribution in [0.5, 0.6) is 0 Å². The first-order chi connectivity index (χ1) is 25.2. The van der Waals surface area contributed by atoms with Crippen LogP contribution in [0.2, 0.25) is 0 Å². The third kappa shape index (κ3) is 6.95. The summed E-state index contributed by atoms with van der Waals surface area (Å²) in [5.41, 5.74) is -0.491. The zero-order valence-corrected chi connectivity index (χ0v) is 28.6. The Morgan fingerprint density at radius 3 is 2.58 bits per heavy atom. The SMILES string of the molecule is C=C(F)/C=C(\c1[nH]c2ncc(-c3cnc4c(c3)c(=O)c(C(=O)O)cn4C)c(N3CC[C@H]4CN(C)C[C@H]43)c2c1F)N(C)C(=O)OCOC(=O)/C=C/C(=O)O. The quantitative estimate of drug-likeness (QED) is 0.0927. The highest BCUT2D eigenvalue weighted by Gasteiger charge is 2.42. The number of carboxylic acid groups (broad SMARTS) is 2. The molecule has 18 heteroatoms. The summed E-state index contributed by atoms with van der Waals surface area (Å²) < 4.78 is 42.5. The van der Waals surface area contributed by atoms with Crippen molar-refractivity contribution in [1.82, 2.24) is 29.3 Å². The molecule has 2 saturated heterocycles. The van der Waals surface area contributed by atoms with Crippen LogP contribution in [-0.2, 0) is 26.1 Å². The number of allylic oxidation sites excluding steroid dienone is 2. The number of aromatic carboxylic acids is 1. The van der Waals surface area contributed by atoms with E-state index in [4.69, 9.17) is 9.84 Å². The molecule has 276 valence electrons. The third-order valence-corrected chi connectivity index (χ3v) is 9.24. The molecule has 16 nitrogen and oxygen atoms in total. The number of anilines is 1. The van der Waals surface area contributed by atoms with E-state index in [2.05, 4.69) is 36.1 Å². The van der Waals surface area contributed by atoms with Gasteiger partial charge in [-0.25, -0.2) is 37.9 Å². The van der Waals surface area contributed by atoms with Crippen LogP contribution in [0.15, 0.2) is 60.1 Å². The van der Waals surface area contributed by atoms with Crippen LogP contribution in [0.3, 0.4) is 0 Å². The number of esters is 1. The number of carbonyl (C=O) groups is 4. The van der Waals surface area contributed by atoms with Gasteiger partial charge in [-0.15, -0.1) is 0 Å². The fraction of sp³-hybridized carbons (Fsp3) is 0.286.